The molecule has 0 saturated heterocycles. The van der Waals surface area contributed by atoms with E-state index in [0.29, 0.717) is 5.56 Å². The van der Waals surface area contributed by atoms with Crippen LogP contribution in [0.5, 0.6) is 5.75 Å². The summed E-state index contributed by atoms with van der Waals surface area (Å²) in [4.78, 5) is 35.8. The van der Waals surface area contributed by atoms with Crippen LogP contribution in [0, 0.1) is 0 Å². The number of rotatable bonds is 2. The van der Waals surface area contributed by atoms with Gasteiger partial charge in [-0.2, -0.15) is 0 Å². The first-order valence-corrected chi connectivity index (χ1v) is 5.64. The van der Waals surface area contributed by atoms with Gasteiger partial charge in [0.1, 0.15) is 11.3 Å². The minimum atomic E-state index is -0.771. The number of phenolic OH excluding ortho intramolecular Hbond substituents is 1. The van der Waals surface area contributed by atoms with E-state index in [2.05, 4.69) is 19.9 Å². The number of nitrogens with one attached hydrogen (secondary N) is 2. The summed E-state index contributed by atoms with van der Waals surface area (Å²) < 4.78 is 0. The number of carbonyl (C=O) groups is 1. The highest BCUT2D eigenvalue weighted by atomic mass is 16.3. The smallest absolute Gasteiger partial charge is 0.325 e. The predicted molar refractivity (Wildman–Crippen MR) is 70.1 cm³/mol. The lowest BCUT2D eigenvalue weighted by molar-refractivity contribution is 0.0997. The summed E-state index contributed by atoms with van der Waals surface area (Å²) in [6.07, 6.45) is 0. The Bertz CT molecular complexity index is 863. The van der Waals surface area contributed by atoms with Gasteiger partial charge in [0.05, 0.1) is 0 Å². The molecule has 1 aromatic carbocycles. The number of carbonyl (C=O) groups excluding carboxylic acids is 1. The zero-order valence-corrected chi connectivity index (χ0v) is 10.0. The van der Waals surface area contributed by atoms with E-state index in [1.165, 1.54) is 12.1 Å². The maximum absolute atomic E-state index is 11.4. The number of aromatic amines is 2. The number of hydrogen-bond donors (Lipinski definition) is 4. The van der Waals surface area contributed by atoms with Crippen molar-refractivity contribution in [1.29, 1.82) is 0 Å². The molecule has 2 aromatic heterocycles. The molecule has 8 heteroatoms. The second-order valence-electron chi connectivity index (χ2n) is 4.11. The standard InChI is InChI=1S/C12H9N5O3/c13-9(19)7-8-11(17-12(20)15-8)16-10(14-7)5-1-3-6(18)4-2-5/h1-4,18H,(H2,13,19)(H2,14,15,16,17,20). The van der Waals surface area contributed by atoms with Gasteiger partial charge in [-0.05, 0) is 24.3 Å². The quantitative estimate of drug-likeness (QED) is 0.524. The Morgan fingerprint density at radius 1 is 1.15 bits per heavy atom. The molecule has 3 aromatic rings. The minimum absolute atomic E-state index is 0.0728. The number of benzene rings is 1. The topological polar surface area (TPSA) is 138 Å². The van der Waals surface area contributed by atoms with Gasteiger partial charge >= 0.3 is 5.69 Å². The fourth-order valence-electron chi connectivity index (χ4n) is 1.84. The van der Waals surface area contributed by atoms with Crippen LogP contribution in [0.3, 0.4) is 0 Å². The number of fused-ring (bicyclic) bond motifs is 1. The van der Waals surface area contributed by atoms with Gasteiger partial charge in [0.15, 0.2) is 17.2 Å². The number of primary amides is 1. The highest BCUT2D eigenvalue weighted by molar-refractivity contribution is 6.01. The molecular weight excluding hydrogens is 262 g/mol. The summed E-state index contributed by atoms with van der Waals surface area (Å²) in [5.41, 5.74) is 5.63. The molecule has 1 amide bonds. The molecule has 2 heterocycles. The molecular formula is C12H9N5O3. The van der Waals surface area contributed by atoms with Crippen molar-refractivity contribution < 1.29 is 9.90 Å². The molecule has 100 valence electrons. The molecule has 0 bridgehead atoms. The molecule has 5 N–H and O–H groups in total. The lowest BCUT2D eigenvalue weighted by Crippen LogP contribution is -2.15. The lowest BCUT2D eigenvalue weighted by Gasteiger charge is -2.03. The Balaban J connectivity index is 2.29. The molecule has 0 radical (unpaired) electrons. The molecule has 0 aliphatic heterocycles. The van der Waals surface area contributed by atoms with E-state index in [4.69, 9.17) is 5.73 Å². The number of nitrogens with two attached hydrogens (primary N) is 1. The maximum Gasteiger partial charge on any atom is 0.325 e. The maximum atomic E-state index is 11.4. The summed E-state index contributed by atoms with van der Waals surface area (Å²) >= 11 is 0. The Morgan fingerprint density at radius 3 is 2.50 bits per heavy atom. The lowest BCUT2D eigenvalue weighted by atomic mass is 10.2. The third-order valence-corrected chi connectivity index (χ3v) is 2.74. The second-order valence-corrected chi connectivity index (χ2v) is 4.11. The Hall–Kier alpha value is -3.16. The van der Waals surface area contributed by atoms with Crippen LogP contribution in [0.25, 0.3) is 22.6 Å². The SMILES string of the molecule is NC(=O)c1nc(-c2ccc(O)cc2)nc2[nH]c(=O)[nH]c12. The first kappa shape index (κ1) is 11.9. The third kappa shape index (κ3) is 1.88. The van der Waals surface area contributed by atoms with Crippen molar-refractivity contribution in [3.63, 3.8) is 0 Å². The monoisotopic (exact) mass is 271 g/mol. The van der Waals surface area contributed by atoms with E-state index in [1.807, 2.05) is 0 Å². The van der Waals surface area contributed by atoms with E-state index in [-0.39, 0.29) is 28.4 Å². The van der Waals surface area contributed by atoms with Crippen molar-refractivity contribution in [3.05, 3.63) is 40.4 Å². The summed E-state index contributed by atoms with van der Waals surface area (Å²) in [5, 5.41) is 9.25. The summed E-state index contributed by atoms with van der Waals surface area (Å²) in [5.74, 6) is -0.450. The zero-order valence-electron chi connectivity index (χ0n) is 10.0. The van der Waals surface area contributed by atoms with Crippen LogP contribution >= 0.6 is 0 Å². The zero-order chi connectivity index (χ0) is 14.3. The van der Waals surface area contributed by atoms with Crippen LogP contribution in [0.15, 0.2) is 29.1 Å². The van der Waals surface area contributed by atoms with Crippen LogP contribution < -0.4 is 11.4 Å². The normalized spacial score (nSPS) is 10.8. The van der Waals surface area contributed by atoms with Crippen molar-refractivity contribution in [2.45, 2.75) is 0 Å². The molecule has 8 nitrogen and oxygen atoms in total. The van der Waals surface area contributed by atoms with Crippen LogP contribution in [0.4, 0.5) is 0 Å². The van der Waals surface area contributed by atoms with Crippen molar-refractivity contribution in [3.8, 4) is 17.1 Å². The van der Waals surface area contributed by atoms with E-state index in [1.54, 1.807) is 12.1 Å². The number of imidazole rings is 1. The van der Waals surface area contributed by atoms with E-state index in [0.717, 1.165) is 0 Å². The highest BCUT2D eigenvalue weighted by Crippen LogP contribution is 2.21. The number of hydrogen-bond acceptors (Lipinski definition) is 5. The number of nitrogens with zero attached hydrogens (tertiary/aromatic N) is 2. The molecule has 3 rings (SSSR count). The van der Waals surface area contributed by atoms with Gasteiger partial charge in [0.25, 0.3) is 5.91 Å². The molecule has 0 spiro atoms. The average Bonchev–Trinajstić information content (AvgIpc) is 2.78. The van der Waals surface area contributed by atoms with E-state index < -0.39 is 11.6 Å². The third-order valence-electron chi connectivity index (χ3n) is 2.74. The van der Waals surface area contributed by atoms with Crippen molar-refractivity contribution in [1.82, 2.24) is 19.9 Å². The van der Waals surface area contributed by atoms with Gasteiger partial charge in [-0.25, -0.2) is 14.8 Å². The minimum Gasteiger partial charge on any atom is -0.508 e. The Morgan fingerprint density at radius 2 is 1.85 bits per heavy atom. The molecule has 0 atom stereocenters. The first-order chi connectivity index (χ1) is 9.54. The van der Waals surface area contributed by atoms with Crippen molar-refractivity contribution >= 4 is 17.1 Å². The summed E-state index contributed by atoms with van der Waals surface area (Å²) in [6, 6.07) is 6.11. The van der Waals surface area contributed by atoms with Gasteiger partial charge in [-0.15, -0.1) is 0 Å². The fraction of sp³-hybridized carbons (Fsp3) is 0. The summed E-state index contributed by atoms with van der Waals surface area (Å²) in [6.45, 7) is 0. The second kappa shape index (κ2) is 4.19. The summed E-state index contributed by atoms with van der Waals surface area (Å²) in [7, 11) is 0. The van der Waals surface area contributed by atoms with E-state index >= 15 is 0 Å². The van der Waals surface area contributed by atoms with Crippen LogP contribution in [0.2, 0.25) is 0 Å². The number of H-pyrrole nitrogens is 2. The first-order valence-electron chi connectivity index (χ1n) is 5.64. The number of phenols is 1. The Kier molecular flexibility index (Phi) is 2.50. The number of aromatic nitrogens is 4. The Labute approximate surface area is 111 Å². The van der Waals surface area contributed by atoms with E-state index in [9.17, 15) is 14.7 Å². The molecule has 0 aliphatic rings. The van der Waals surface area contributed by atoms with Crippen LogP contribution in [-0.4, -0.2) is 30.9 Å². The molecule has 0 unspecified atom stereocenters. The van der Waals surface area contributed by atoms with Gasteiger partial charge in [0.2, 0.25) is 0 Å². The molecule has 0 fully saturated rings. The largest absolute Gasteiger partial charge is 0.508 e. The van der Waals surface area contributed by atoms with Crippen molar-refractivity contribution in [2.24, 2.45) is 5.73 Å². The number of aromatic hydroxyl groups is 1. The van der Waals surface area contributed by atoms with Crippen molar-refractivity contribution in [2.75, 3.05) is 0 Å². The van der Waals surface area contributed by atoms with Gasteiger partial charge < -0.3 is 15.8 Å². The highest BCUT2D eigenvalue weighted by Gasteiger charge is 2.15. The van der Waals surface area contributed by atoms with Crippen LogP contribution in [-0.2, 0) is 0 Å². The van der Waals surface area contributed by atoms with Gasteiger partial charge in [-0.1, -0.05) is 0 Å². The van der Waals surface area contributed by atoms with Crippen LogP contribution in [0.1, 0.15) is 10.5 Å². The molecule has 0 aliphatic carbocycles. The number of amides is 1. The van der Waals surface area contributed by atoms with Gasteiger partial charge in [-0.3, -0.25) is 9.78 Å². The fourth-order valence-corrected chi connectivity index (χ4v) is 1.84. The molecule has 20 heavy (non-hydrogen) atoms. The van der Waals surface area contributed by atoms with Gasteiger partial charge in [0, 0.05) is 5.56 Å². The molecule has 0 saturated carbocycles. The average molecular weight is 271 g/mol. The predicted octanol–water partition coefficient (Wildman–Crippen LogP) is 0.118.